The normalized spacial score (nSPS) is 27.6. The van der Waals surface area contributed by atoms with Crippen molar-refractivity contribution in [3.8, 4) is 0 Å². The largest absolute Gasteiger partial charge is 0.351 e. The SMILES string of the molecule is CC1CCC(N)(OCC(=O)N(C)CCN(C)C)CC1. The van der Waals surface area contributed by atoms with E-state index in [9.17, 15) is 4.79 Å². The Bertz CT molecular complexity index is 286. The van der Waals surface area contributed by atoms with Crippen molar-refractivity contribution in [3.05, 3.63) is 0 Å². The maximum absolute atomic E-state index is 11.9. The molecule has 112 valence electrons. The topological polar surface area (TPSA) is 58.8 Å². The first-order valence-corrected chi connectivity index (χ1v) is 7.14. The molecule has 1 rings (SSSR count). The zero-order valence-electron chi connectivity index (χ0n) is 12.8. The Balaban J connectivity index is 2.29. The Morgan fingerprint density at radius 1 is 1.26 bits per heavy atom. The summed E-state index contributed by atoms with van der Waals surface area (Å²) in [4.78, 5) is 15.7. The molecular weight excluding hydrogens is 242 g/mol. The number of likely N-dealkylation sites (N-methyl/N-ethyl adjacent to an activating group) is 2. The first-order valence-electron chi connectivity index (χ1n) is 7.14. The van der Waals surface area contributed by atoms with Crippen molar-refractivity contribution in [2.45, 2.75) is 38.3 Å². The molecule has 0 aromatic rings. The molecular formula is C14H29N3O2. The summed E-state index contributed by atoms with van der Waals surface area (Å²) < 4.78 is 5.68. The molecule has 1 fully saturated rings. The van der Waals surface area contributed by atoms with Gasteiger partial charge in [0.2, 0.25) is 5.91 Å². The third-order valence-corrected chi connectivity index (χ3v) is 3.91. The minimum atomic E-state index is -0.593. The summed E-state index contributed by atoms with van der Waals surface area (Å²) in [6.07, 6.45) is 3.87. The predicted molar refractivity (Wildman–Crippen MR) is 76.7 cm³/mol. The summed E-state index contributed by atoms with van der Waals surface area (Å²) >= 11 is 0. The molecule has 5 heteroatoms. The van der Waals surface area contributed by atoms with Gasteiger partial charge in [0.25, 0.3) is 0 Å². The number of hydrogen-bond donors (Lipinski definition) is 1. The molecule has 1 saturated carbocycles. The second kappa shape index (κ2) is 7.22. The van der Waals surface area contributed by atoms with Gasteiger partial charge in [-0.25, -0.2) is 0 Å². The lowest BCUT2D eigenvalue weighted by molar-refractivity contribution is -0.145. The quantitative estimate of drug-likeness (QED) is 0.729. The van der Waals surface area contributed by atoms with Gasteiger partial charge in [0.15, 0.2) is 0 Å². The van der Waals surface area contributed by atoms with E-state index < -0.39 is 5.72 Å². The van der Waals surface area contributed by atoms with E-state index in [0.717, 1.165) is 38.1 Å². The molecule has 0 aromatic heterocycles. The average Bonchev–Trinajstić information content (AvgIpc) is 2.37. The Kier molecular flexibility index (Phi) is 6.23. The van der Waals surface area contributed by atoms with Gasteiger partial charge in [0, 0.05) is 20.1 Å². The van der Waals surface area contributed by atoms with Gasteiger partial charge in [-0.15, -0.1) is 0 Å². The maximum atomic E-state index is 11.9. The third kappa shape index (κ3) is 5.89. The highest BCUT2D eigenvalue weighted by molar-refractivity contribution is 5.77. The zero-order valence-corrected chi connectivity index (χ0v) is 12.8. The van der Waals surface area contributed by atoms with Crippen LogP contribution in [0.5, 0.6) is 0 Å². The van der Waals surface area contributed by atoms with Crippen molar-refractivity contribution in [2.75, 3.05) is 40.8 Å². The van der Waals surface area contributed by atoms with Crippen LogP contribution in [0.4, 0.5) is 0 Å². The molecule has 2 N–H and O–H groups in total. The number of carbonyl (C=O) groups is 1. The average molecular weight is 271 g/mol. The van der Waals surface area contributed by atoms with Crippen LogP contribution < -0.4 is 5.73 Å². The van der Waals surface area contributed by atoms with Gasteiger partial charge in [-0.05, 0) is 45.7 Å². The molecule has 5 nitrogen and oxygen atoms in total. The Hall–Kier alpha value is -0.650. The molecule has 19 heavy (non-hydrogen) atoms. The summed E-state index contributed by atoms with van der Waals surface area (Å²) in [7, 11) is 5.79. The smallest absolute Gasteiger partial charge is 0.248 e. The second-order valence-corrected chi connectivity index (χ2v) is 6.15. The molecule has 0 radical (unpaired) electrons. The van der Waals surface area contributed by atoms with E-state index in [1.165, 1.54) is 0 Å². The van der Waals surface area contributed by atoms with Crippen molar-refractivity contribution >= 4 is 5.91 Å². The van der Waals surface area contributed by atoms with Crippen molar-refractivity contribution in [1.82, 2.24) is 9.80 Å². The monoisotopic (exact) mass is 271 g/mol. The lowest BCUT2D eigenvalue weighted by atomic mass is 9.85. The van der Waals surface area contributed by atoms with E-state index in [2.05, 4.69) is 11.8 Å². The highest BCUT2D eigenvalue weighted by Gasteiger charge is 2.31. The van der Waals surface area contributed by atoms with E-state index in [1.807, 2.05) is 14.1 Å². The highest BCUT2D eigenvalue weighted by Crippen LogP contribution is 2.30. The van der Waals surface area contributed by atoms with E-state index >= 15 is 0 Å². The summed E-state index contributed by atoms with van der Waals surface area (Å²) in [5.74, 6) is 0.726. The fourth-order valence-corrected chi connectivity index (χ4v) is 2.19. The van der Waals surface area contributed by atoms with E-state index in [0.29, 0.717) is 6.54 Å². The Morgan fingerprint density at radius 3 is 2.37 bits per heavy atom. The van der Waals surface area contributed by atoms with Crippen LogP contribution >= 0.6 is 0 Å². The summed E-state index contributed by atoms with van der Waals surface area (Å²) in [6.45, 7) is 3.89. The molecule has 0 atom stereocenters. The standard InChI is InChI=1S/C14H29N3O2/c1-12-5-7-14(15,8-6-12)19-11-13(18)17(4)10-9-16(2)3/h12H,5-11,15H2,1-4H3. The molecule has 0 aliphatic heterocycles. The molecule has 0 heterocycles. The van der Waals surface area contributed by atoms with Crippen LogP contribution in [-0.4, -0.2) is 62.3 Å². The molecule has 0 aromatic carbocycles. The first kappa shape index (κ1) is 16.4. The minimum absolute atomic E-state index is 0.00490. The van der Waals surface area contributed by atoms with Crippen molar-refractivity contribution in [3.63, 3.8) is 0 Å². The lowest BCUT2D eigenvalue weighted by Gasteiger charge is -2.36. The lowest BCUT2D eigenvalue weighted by Crippen LogP contribution is -2.48. The van der Waals surface area contributed by atoms with Crippen molar-refractivity contribution < 1.29 is 9.53 Å². The molecule has 0 saturated heterocycles. The zero-order chi connectivity index (χ0) is 14.5. The molecule has 0 spiro atoms. The maximum Gasteiger partial charge on any atom is 0.248 e. The highest BCUT2D eigenvalue weighted by atomic mass is 16.5. The summed E-state index contributed by atoms with van der Waals surface area (Å²) in [6, 6.07) is 0. The number of carbonyl (C=O) groups excluding carboxylic acids is 1. The fourth-order valence-electron chi connectivity index (χ4n) is 2.19. The molecule has 0 bridgehead atoms. The van der Waals surface area contributed by atoms with Crippen LogP contribution in [0.2, 0.25) is 0 Å². The van der Waals surface area contributed by atoms with Gasteiger partial charge in [-0.1, -0.05) is 6.92 Å². The summed E-state index contributed by atoms with van der Waals surface area (Å²) in [5.41, 5.74) is 5.60. The number of hydrogen-bond acceptors (Lipinski definition) is 4. The molecule has 1 amide bonds. The van der Waals surface area contributed by atoms with Gasteiger partial charge >= 0.3 is 0 Å². The van der Waals surface area contributed by atoms with Crippen LogP contribution in [0.25, 0.3) is 0 Å². The Morgan fingerprint density at radius 2 is 1.84 bits per heavy atom. The number of nitrogens with zero attached hydrogens (tertiary/aromatic N) is 2. The first-order chi connectivity index (χ1) is 8.82. The predicted octanol–water partition coefficient (Wildman–Crippen LogP) is 0.888. The van der Waals surface area contributed by atoms with Crippen LogP contribution in [0, 0.1) is 5.92 Å². The van der Waals surface area contributed by atoms with Crippen LogP contribution in [0.15, 0.2) is 0 Å². The van der Waals surface area contributed by atoms with E-state index in [4.69, 9.17) is 10.5 Å². The number of amides is 1. The van der Waals surface area contributed by atoms with Gasteiger partial charge in [0.1, 0.15) is 12.3 Å². The minimum Gasteiger partial charge on any atom is -0.351 e. The van der Waals surface area contributed by atoms with Crippen molar-refractivity contribution in [2.24, 2.45) is 11.7 Å². The molecule has 1 aliphatic carbocycles. The van der Waals surface area contributed by atoms with Gasteiger partial charge in [-0.2, -0.15) is 0 Å². The molecule has 1 aliphatic rings. The van der Waals surface area contributed by atoms with Gasteiger partial charge in [-0.3, -0.25) is 4.79 Å². The Labute approximate surface area is 117 Å². The summed E-state index contributed by atoms with van der Waals surface area (Å²) in [5, 5.41) is 0. The van der Waals surface area contributed by atoms with Crippen LogP contribution in [-0.2, 0) is 9.53 Å². The number of nitrogens with two attached hydrogens (primary N) is 1. The van der Waals surface area contributed by atoms with Crippen LogP contribution in [0.3, 0.4) is 0 Å². The van der Waals surface area contributed by atoms with E-state index in [-0.39, 0.29) is 12.5 Å². The van der Waals surface area contributed by atoms with Gasteiger partial charge < -0.3 is 20.3 Å². The van der Waals surface area contributed by atoms with Crippen molar-refractivity contribution in [1.29, 1.82) is 0 Å². The second-order valence-electron chi connectivity index (χ2n) is 6.15. The fraction of sp³-hybridized carbons (Fsp3) is 0.929. The van der Waals surface area contributed by atoms with Crippen LogP contribution in [0.1, 0.15) is 32.6 Å². The van der Waals surface area contributed by atoms with E-state index in [1.54, 1.807) is 11.9 Å². The number of ether oxygens (including phenoxy) is 1. The van der Waals surface area contributed by atoms with Gasteiger partial charge in [0.05, 0.1) is 0 Å². The number of rotatable bonds is 6. The third-order valence-electron chi connectivity index (χ3n) is 3.91. The molecule has 0 unspecified atom stereocenters.